The molecule has 0 spiro atoms. The third-order valence-electron chi connectivity index (χ3n) is 6.94. The van der Waals surface area contributed by atoms with E-state index in [1.165, 1.54) is 5.56 Å². The summed E-state index contributed by atoms with van der Waals surface area (Å²) >= 11 is 0. The molecule has 5 heteroatoms. The van der Waals surface area contributed by atoms with Gasteiger partial charge in [0.1, 0.15) is 5.69 Å². The van der Waals surface area contributed by atoms with Crippen molar-refractivity contribution in [3.63, 3.8) is 0 Å². The van der Waals surface area contributed by atoms with Crippen LogP contribution in [0.2, 0.25) is 0 Å². The van der Waals surface area contributed by atoms with Crippen molar-refractivity contribution in [2.45, 2.75) is 37.3 Å². The van der Waals surface area contributed by atoms with Crippen LogP contribution in [0.15, 0.2) is 79.3 Å². The zero-order valence-corrected chi connectivity index (χ0v) is 17.6. The molecule has 3 atom stereocenters. The van der Waals surface area contributed by atoms with E-state index in [4.69, 9.17) is 4.74 Å². The fourth-order valence-electron chi connectivity index (χ4n) is 5.42. The first-order chi connectivity index (χ1) is 15.3. The summed E-state index contributed by atoms with van der Waals surface area (Å²) in [4.78, 5) is 24.0. The molecule has 0 unspecified atom stereocenters. The lowest BCUT2D eigenvalue weighted by Gasteiger charge is -2.40. The van der Waals surface area contributed by atoms with Crippen LogP contribution in [-0.4, -0.2) is 40.0 Å². The van der Waals surface area contributed by atoms with Crippen LogP contribution in [0.1, 0.15) is 40.9 Å². The SMILES string of the molecule is O=C(c1cnccn1)N(Cc1ccccc1)[C@H]1C[C@H]2CCOC[C@@]2(c2ccccc2)C1. The summed E-state index contributed by atoms with van der Waals surface area (Å²) in [5.74, 6) is 0.450. The number of benzene rings is 2. The smallest absolute Gasteiger partial charge is 0.274 e. The number of aromatic nitrogens is 2. The van der Waals surface area contributed by atoms with Gasteiger partial charge in [-0.1, -0.05) is 60.7 Å². The lowest BCUT2D eigenvalue weighted by Crippen LogP contribution is -2.42. The standard InChI is InChI=1S/C26H27N3O2/c30-25(24-17-27-12-13-28-24)29(18-20-7-3-1-4-8-20)23-15-22-11-14-31-19-26(22,16-23)21-9-5-2-6-10-21/h1-10,12-13,17,22-23H,11,14-16,18-19H2/t22-,23+,26-/m1/s1. The molecule has 1 amide bonds. The largest absolute Gasteiger partial charge is 0.381 e. The molecule has 158 valence electrons. The van der Waals surface area contributed by atoms with Gasteiger partial charge in [0, 0.05) is 37.0 Å². The Morgan fingerprint density at radius 1 is 1.06 bits per heavy atom. The minimum absolute atomic E-state index is 0.0399. The molecule has 5 rings (SSSR count). The number of amides is 1. The van der Waals surface area contributed by atoms with Crippen LogP contribution < -0.4 is 0 Å². The van der Waals surface area contributed by atoms with Gasteiger partial charge in [0.05, 0.1) is 12.8 Å². The molecule has 2 heterocycles. The van der Waals surface area contributed by atoms with Crippen molar-refractivity contribution in [3.05, 3.63) is 96.1 Å². The summed E-state index contributed by atoms with van der Waals surface area (Å²) in [5.41, 5.74) is 2.81. The highest BCUT2D eigenvalue weighted by molar-refractivity contribution is 5.92. The maximum atomic E-state index is 13.6. The summed E-state index contributed by atoms with van der Waals surface area (Å²) in [5, 5.41) is 0. The molecule has 31 heavy (non-hydrogen) atoms. The second-order valence-corrected chi connectivity index (χ2v) is 8.66. The van der Waals surface area contributed by atoms with Crippen LogP contribution in [0.25, 0.3) is 0 Å². The normalized spacial score (nSPS) is 25.0. The Morgan fingerprint density at radius 3 is 2.58 bits per heavy atom. The minimum Gasteiger partial charge on any atom is -0.381 e. The van der Waals surface area contributed by atoms with Gasteiger partial charge in [0.15, 0.2) is 0 Å². The van der Waals surface area contributed by atoms with E-state index in [2.05, 4.69) is 52.4 Å². The first-order valence-electron chi connectivity index (χ1n) is 11.0. The van der Waals surface area contributed by atoms with E-state index in [1.807, 2.05) is 23.1 Å². The summed E-state index contributed by atoms with van der Waals surface area (Å²) in [7, 11) is 0. The summed E-state index contributed by atoms with van der Waals surface area (Å²) in [6, 6.07) is 21.0. The molecule has 2 aliphatic rings. The molecule has 1 aliphatic heterocycles. The van der Waals surface area contributed by atoms with Crippen LogP contribution in [0, 0.1) is 5.92 Å². The van der Waals surface area contributed by atoms with Gasteiger partial charge in [0.2, 0.25) is 0 Å². The lowest BCUT2D eigenvalue weighted by atomic mass is 9.70. The zero-order chi connectivity index (χ0) is 21.1. The van der Waals surface area contributed by atoms with Crippen molar-refractivity contribution in [1.82, 2.24) is 14.9 Å². The van der Waals surface area contributed by atoms with Gasteiger partial charge in [-0.15, -0.1) is 0 Å². The second kappa shape index (κ2) is 8.60. The molecule has 1 aliphatic carbocycles. The first-order valence-corrected chi connectivity index (χ1v) is 11.0. The molecule has 0 N–H and O–H groups in total. The summed E-state index contributed by atoms with van der Waals surface area (Å²) < 4.78 is 6.01. The average Bonchev–Trinajstić information content (AvgIpc) is 3.24. The Bertz CT molecular complexity index is 1010. The molecular weight excluding hydrogens is 386 g/mol. The number of ether oxygens (including phenoxy) is 1. The molecule has 5 nitrogen and oxygen atoms in total. The number of nitrogens with zero attached hydrogens (tertiary/aromatic N) is 3. The predicted octanol–water partition coefficient (Wildman–Crippen LogP) is 4.26. The molecule has 0 radical (unpaired) electrons. The van der Waals surface area contributed by atoms with Gasteiger partial charge >= 0.3 is 0 Å². The Kier molecular flexibility index (Phi) is 5.51. The van der Waals surface area contributed by atoms with Crippen LogP contribution >= 0.6 is 0 Å². The number of fused-ring (bicyclic) bond motifs is 1. The highest BCUT2D eigenvalue weighted by Crippen LogP contribution is 2.51. The van der Waals surface area contributed by atoms with Gasteiger partial charge in [-0.3, -0.25) is 9.78 Å². The number of carbonyl (C=O) groups excluding carboxylic acids is 1. The fraction of sp³-hybridized carbons (Fsp3) is 0.346. The molecule has 0 bridgehead atoms. The lowest BCUT2D eigenvalue weighted by molar-refractivity contribution is 0.00728. The fourth-order valence-corrected chi connectivity index (χ4v) is 5.42. The van der Waals surface area contributed by atoms with Gasteiger partial charge < -0.3 is 9.64 Å². The second-order valence-electron chi connectivity index (χ2n) is 8.66. The topological polar surface area (TPSA) is 55.3 Å². The third-order valence-corrected chi connectivity index (χ3v) is 6.94. The van der Waals surface area contributed by atoms with Gasteiger partial charge in [0.25, 0.3) is 5.91 Å². The highest BCUT2D eigenvalue weighted by atomic mass is 16.5. The zero-order valence-electron chi connectivity index (χ0n) is 17.6. The van der Waals surface area contributed by atoms with Crippen molar-refractivity contribution >= 4 is 5.91 Å². The van der Waals surface area contributed by atoms with Crippen LogP contribution in [0.4, 0.5) is 0 Å². The molecule has 3 aromatic rings. The van der Waals surface area contributed by atoms with Gasteiger partial charge in [-0.25, -0.2) is 4.98 Å². The number of carbonyl (C=O) groups is 1. The highest BCUT2D eigenvalue weighted by Gasteiger charge is 2.52. The van der Waals surface area contributed by atoms with Crippen LogP contribution in [-0.2, 0) is 16.7 Å². The van der Waals surface area contributed by atoms with Crippen molar-refractivity contribution in [2.75, 3.05) is 13.2 Å². The first kappa shape index (κ1) is 19.9. The van der Waals surface area contributed by atoms with Crippen molar-refractivity contribution < 1.29 is 9.53 Å². The maximum Gasteiger partial charge on any atom is 0.274 e. The molecule has 1 saturated heterocycles. The third kappa shape index (κ3) is 3.86. The maximum absolute atomic E-state index is 13.6. The number of hydrogen-bond acceptors (Lipinski definition) is 4. The Labute approximate surface area is 183 Å². The van der Waals surface area contributed by atoms with Gasteiger partial charge in [-0.2, -0.15) is 0 Å². The average molecular weight is 414 g/mol. The van der Waals surface area contributed by atoms with E-state index in [9.17, 15) is 4.79 Å². The van der Waals surface area contributed by atoms with Gasteiger partial charge in [-0.05, 0) is 36.3 Å². The quantitative estimate of drug-likeness (QED) is 0.627. The van der Waals surface area contributed by atoms with E-state index in [-0.39, 0.29) is 17.4 Å². The predicted molar refractivity (Wildman–Crippen MR) is 118 cm³/mol. The molecule has 2 fully saturated rings. The number of hydrogen-bond donors (Lipinski definition) is 0. The van der Waals surface area contributed by atoms with Crippen molar-refractivity contribution in [2.24, 2.45) is 5.92 Å². The number of rotatable bonds is 5. The van der Waals surface area contributed by atoms with E-state index < -0.39 is 0 Å². The monoisotopic (exact) mass is 413 g/mol. The van der Waals surface area contributed by atoms with Crippen LogP contribution in [0.5, 0.6) is 0 Å². The van der Waals surface area contributed by atoms with Crippen LogP contribution in [0.3, 0.4) is 0 Å². The van der Waals surface area contributed by atoms with E-state index >= 15 is 0 Å². The Morgan fingerprint density at radius 2 is 1.84 bits per heavy atom. The molecule has 1 saturated carbocycles. The van der Waals surface area contributed by atoms with Crippen molar-refractivity contribution in [3.8, 4) is 0 Å². The van der Waals surface area contributed by atoms with Crippen molar-refractivity contribution in [1.29, 1.82) is 0 Å². The summed E-state index contributed by atoms with van der Waals surface area (Å²) in [6.07, 6.45) is 7.67. The minimum atomic E-state index is -0.0512. The van der Waals surface area contributed by atoms with E-state index in [0.29, 0.717) is 18.2 Å². The Balaban J connectivity index is 1.50. The van der Waals surface area contributed by atoms with E-state index in [0.717, 1.165) is 38.0 Å². The summed E-state index contributed by atoms with van der Waals surface area (Å²) in [6.45, 7) is 2.08. The molecule has 2 aromatic carbocycles. The molecular formula is C26H27N3O2. The van der Waals surface area contributed by atoms with E-state index in [1.54, 1.807) is 18.6 Å². The Hall–Kier alpha value is -3.05. The molecule has 1 aromatic heterocycles.